The molecule has 0 fully saturated rings. The van der Waals surface area contributed by atoms with Crippen LogP contribution in [0.2, 0.25) is 5.02 Å². The predicted octanol–water partition coefficient (Wildman–Crippen LogP) is 4.67. The minimum atomic E-state index is -0.493. The molecule has 0 aliphatic rings. The summed E-state index contributed by atoms with van der Waals surface area (Å²) < 4.78 is 12.6. The van der Waals surface area contributed by atoms with Crippen LogP contribution in [0.5, 0.6) is 5.75 Å². The molecular weight excluding hydrogens is 460 g/mol. The molecule has 0 spiro atoms. The number of nitrogens with one attached hydrogen (secondary N) is 1. The summed E-state index contributed by atoms with van der Waals surface area (Å²) in [4.78, 5) is 24.1. The zero-order chi connectivity index (χ0) is 22.4. The van der Waals surface area contributed by atoms with Crippen LogP contribution in [0.15, 0.2) is 40.9 Å². The topological polar surface area (TPSA) is 95.3 Å². The lowest BCUT2D eigenvalue weighted by Gasteiger charge is -2.16. The third-order valence-electron chi connectivity index (χ3n) is 4.22. The van der Waals surface area contributed by atoms with Gasteiger partial charge in [-0.2, -0.15) is 0 Å². The second-order valence-corrected chi connectivity index (χ2v) is 8.53. The van der Waals surface area contributed by atoms with Gasteiger partial charge in [0.25, 0.3) is 0 Å². The van der Waals surface area contributed by atoms with Crippen molar-refractivity contribution in [2.24, 2.45) is 0 Å². The molecule has 2 aromatic heterocycles. The quantitative estimate of drug-likeness (QED) is 0.351. The molecule has 0 aliphatic heterocycles. The molecule has 8 nitrogen and oxygen atoms in total. The largest absolute Gasteiger partial charge is 0.481 e. The van der Waals surface area contributed by atoms with Crippen molar-refractivity contribution in [3.63, 3.8) is 0 Å². The number of nitrogens with zero attached hydrogens (tertiary/aromatic N) is 3. The van der Waals surface area contributed by atoms with Crippen LogP contribution < -0.4 is 10.1 Å². The first kappa shape index (κ1) is 23.1. The number of aromatic nitrogens is 3. The van der Waals surface area contributed by atoms with Crippen molar-refractivity contribution in [3.05, 3.63) is 52.1 Å². The van der Waals surface area contributed by atoms with Gasteiger partial charge in [-0.25, -0.2) is 4.79 Å². The molecule has 1 unspecified atom stereocenters. The van der Waals surface area contributed by atoms with Gasteiger partial charge in [0.05, 0.1) is 23.4 Å². The van der Waals surface area contributed by atoms with E-state index in [1.165, 1.54) is 30.2 Å². The summed E-state index contributed by atoms with van der Waals surface area (Å²) in [6.45, 7) is 4.44. The Morgan fingerprint density at radius 3 is 2.77 bits per heavy atom. The normalized spacial score (nSPS) is 11.7. The number of rotatable bonds is 9. The fraction of sp³-hybridized carbons (Fsp3) is 0.300. The van der Waals surface area contributed by atoms with E-state index in [-0.39, 0.29) is 17.8 Å². The van der Waals surface area contributed by atoms with E-state index in [9.17, 15) is 9.59 Å². The van der Waals surface area contributed by atoms with E-state index < -0.39 is 5.97 Å². The van der Waals surface area contributed by atoms with Crippen LogP contribution in [0.25, 0.3) is 0 Å². The minimum absolute atomic E-state index is 0.108. The summed E-state index contributed by atoms with van der Waals surface area (Å²) in [7, 11) is 1.30. The molecule has 0 saturated carbocycles. The minimum Gasteiger partial charge on any atom is -0.481 e. The fourth-order valence-corrected chi connectivity index (χ4v) is 4.54. The number of benzene rings is 1. The molecule has 1 aromatic carbocycles. The number of hydrogen-bond donors (Lipinski definition) is 1. The SMILES string of the molecule is CCn1c(SCC(=O)Nc2sccc2C(=O)OC)nnc1C(C)Oc1ccccc1Cl. The van der Waals surface area contributed by atoms with Crippen molar-refractivity contribution in [2.45, 2.75) is 31.7 Å². The van der Waals surface area contributed by atoms with Gasteiger partial charge >= 0.3 is 5.97 Å². The van der Waals surface area contributed by atoms with Crippen LogP contribution in [0.4, 0.5) is 5.00 Å². The van der Waals surface area contributed by atoms with Crippen molar-refractivity contribution in [1.29, 1.82) is 0 Å². The molecule has 31 heavy (non-hydrogen) atoms. The molecule has 0 saturated heterocycles. The van der Waals surface area contributed by atoms with Crippen LogP contribution in [0, 0.1) is 0 Å². The van der Waals surface area contributed by atoms with Crippen LogP contribution >= 0.6 is 34.7 Å². The first-order valence-corrected chi connectivity index (χ1v) is 11.6. The van der Waals surface area contributed by atoms with E-state index in [1.54, 1.807) is 23.6 Å². The molecule has 1 N–H and O–H groups in total. The molecule has 11 heteroatoms. The number of anilines is 1. The monoisotopic (exact) mass is 480 g/mol. The van der Waals surface area contributed by atoms with Gasteiger partial charge in [-0.15, -0.1) is 21.5 Å². The fourth-order valence-electron chi connectivity index (χ4n) is 2.76. The van der Waals surface area contributed by atoms with Gasteiger partial charge in [-0.3, -0.25) is 4.79 Å². The summed E-state index contributed by atoms with van der Waals surface area (Å²) in [5.74, 6) is 0.554. The van der Waals surface area contributed by atoms with Gasteiger partial charge in [-0.05, 0) is 37.4 Å². The number of halogens is 1. The lowest BCUT2D eigenvalue weighted by molar-refractivity contribution is -0.113. The summed E-state index contributed by atoms with van der Waals surface area (Å²) in [6, 6.07) is 8.83. The molecule has 1 atom stereocenters. The molecule has 1 amide bonds. The highest BCUT2D eigenvalue weighted by Crippen LogP contribution is 2.30. The Morgan fingerprint density at radius 2 is 2.06 bits per heavy atom. The smallest absolute Gasteiger partial charge is 0.340 e. The Balaban J connectivity index is 1.64. The number of thiophene rings is 1. The van der Waals surface area contributed by atoms with Gasteiger partial charge in [0.1, 0.15) is 10.8 Å². The Bertz CT molecular complexity index is 1070. The average molecular weight is 481 g/mol. The first-order valence-electron chi connectivity index (χ1n) is 9.37. The van der Waals surface area contributed by atoms with Crippen LogP contribution in [0.1, 0.15) is 36.1 Å². The zero-order valence-corrected chi connectivity index (χ0v) is 19.5. The third-order valence-corrected chi connectivity index (χ3v) is 6.33. The van der Waals surface area contributed by atoms with Crippen LogP contribution in [-0.4, -0.2) is 39.5 Å². The molecule has 3 aromatic rings. The number of hydrogen-bond acceptors (Lipinski definition) is 8. The highest BCUT2D eigenvalue weighted by molar-refractivity contribution is 7.99. The van der Waals surface area contributed by atoms with E-state index in [4.69, 9.17) is 21.1 Å². The number of amides is 1. The number of methoxy groups -OCH3 is 1. The van der Waals surface area contributed by atoms with Crippen LogP contribution in [-0.2, 0) is 16.1 Å². The maximum absolute atomic E-state index is 12.4. The number of esters is 1. The first-order chi connectivity index (χ1) is 14.9. The van der Waals surface area contributed by atoms with Gasteiger partial charge < -0.3 is 19.4 Å². The molecule has 0 bridgehead atoms. The maximum Gasteiger partial charge on any atom is 0.340 e. The van der Waals surface area contributed by atoms with Crippen molar-refractivity contribution < 1.29 is 19.1 Å². The molecular formula is C20H21ClN4O4S2. The van der Waals surface area contributed by atoms with E-state index in [2.05, 4.69) is 15.5 Å². The summed E-state index contributed by atoms with van der Waals surface area (Å²) in [6.07, 6.45) is -0.385. The van der Waals surface area contributed by atoms with E-state index in [0.29, 0.717) is 38.9 Å². The Morgan fingerprint density at radius 1 is 1.29 bits per heavy atom. The number of carbonyl (C=O) groups is 2. The molecule has 0 radical (unpaired) electrons. The summed E-state index contributed by atoms with van der Waals surface area (Å²) in [5, 5.41) is 14.5. The van der Waals surface area contributed by atoms with Gasteiger partial charge in [0, 0.05) is 6.54 Å². The standard InChI is InChI=1S/C20H21ClN4O4S2/c1-4-25-17(12(2)29-15-8-6-5-7-14(15)21)23-24-20(25)31-11-16(26)22-18-13(9-10-30-18)19(27)28-3/h5-10,12H,4,11H2,1-3H3,(H,22,26). The number of carbonyl (C=O) groups excluding carboxylic acids is 2. The van der Waals surface area contributed by atoms with Gasteiger partial charge in [0.2, 0.25) is 5.91 Å². The lowest BCUT2D eigenvalue weighted by Crippen LogP contribution is -2.16. The molecule has 3 rings (SSSR count). The zero-order valence-electron chi connectivity index (χ0n) is 17.1. The van der Waals surface area contributed by atoms with E-state index in [0.717, 1.165) is 0 Å². The Kier molecular flexibility index (Phi) is 7.94. The third kappa shape index (κ3) is 5.57. The van der Waals surface area contributed by atoms with Crippen molar-refractivity contribution in [2.75, 3.05) is 18.2 Å². The highest BCUT2D eigenvalue weighted by atomic mass is 35.5. The molecule has 0 aliphatic carbocycles. The second-order valence-electron chi connectivity index (χ2n) is 6.27. The molecule has 164 valence electrons. The lowest BCUT2D eigenvalue weighted by atomic mass is 10.3. The van der Waals surface area contributed by atoms with Gasteiger partial charge in [0.15, 0.2) is 17.1 Å². The average Bonchev–Trinajstić information content (AvgIpc) is 3.39. The predicted molar refractivity (Wildman–Crippen MR) is 121 cm³/mol. The maximum atomic E-state index is 12.4. The number of para-hydroxylation sites is 1. The van der Waals surface area contributed by atoms with E-state index in [1.807, 2.05) is 30.5 Å². The van der Waals surface area contributed by atoms with Crippen molar-refractivity contribution >= 4 is 51.6 Å². The van der Waals surface area contributed by atoms with Crippen molar-refractivity contribution in [1.82, 2.24) is 14.8 Å². The summed E-state index contributed by atoms with van der Waals surface area (Å²) >= 11 is 8.68. The number of thioether (sulfide) groups is 1. The van der Waals surface area contributed by atoms with Gasteiger partial charge in [-0.1, -0.05) is 35.5 Å². The Hall–Kier alpha value is -2.56. The molecule has 2 heterocycles. The van der Waals surface area contributed by atoms with Crippen LogP contribution in [0.3, 0.4) is 0 Å². The second kappa shape index (κ2) is 10.7. The van der Waals surface area contributed by atoms with E-state index >= 15 is 0 Å². The highest BCUT2D eigenvalue weighted by Gasteiger charge is 2.21. The van der Waals surface area contributed by atoms with Crippen molar-refractivity contribution in [3.8, 4) is 5.75 Å². The Labute approximate surface area is 192 Å². The summed E-state index contributed by atoms with van der Waals surface area (Å²) in [5.41, 5.74) is 0.329. The number of ether oxygens (including phenoxy) is 2.